The van der Waals surface area contributed by atoms with E-state index in [1.54, 1.807) is 50.5 Å². The van der Waals surface area contributed by atoms with Gasteiger partial charge in [-0.15, -0.1) is 0 Å². The topological polar surface area (TPSA) is 148 Å². The van der Waals surface area contributed by atoms with Crippen LogP contribution in [-0.2, 0) is 4.79 Å². The number of carboxylic acids is 3. The fourth-order valence-corrected chi connectivity index (χ4v) is 3.75. The van der Waals surface area contributed by atoms with Crippen molar-refractivity contribution in [3.05, 3.63) is 88.0 Å². The fraction of sp³-hybridized carbons (Fsp3) is 0.120. The Kier molecular flexibility index (Phi) is 6.96. The summed E-state index contributed by atoms with van der Waals surface area (Å²) in [6.07, 6.45) is 4.67. The van der Waals surface area contributed by atoms with Gasteiger partial charge in [0.2, 0.25) is 0 Å². The number of carbonyl (C=O) groups is 3. The summed E-state index contributed by atoms with van der Waals surface area (Å²) in [6.45, 7) is 0. The van der Waals surface area contributed by atoms with E-state index >= 15 is 0 Å². The molecular formula is C25H23N3O6. The van der Waals surface area contributed by atoms with Gasteiger partial charge < -0.3 is 26.0 Å². The second kappa shape index (κ2) is 9.86. The van der Waals surface area contributed by atoms with Crippen LogP contribution in [0, 0.1) is 0 Å². The Labute approximate surface area is 195 Å². The van der Waals surface area contributed by atoms with Crippen molar-refractivity contribution in [3.8, 4) is 0 Å². The largest absolute Gasteiger partial charge is 0.478 e. The Balaban J connectivity index is 2.40. The van der Waals surface area contributed by atoms with Crippen LogP contribution in [0.2, 0.25) is 0 Å². The number of benzene rings is 2. The molecule has 174 valence electrons. The first-order valence-electron chi connectivity index (χ1n) is 10.2. The van der Waals surface area contributed by atoms with Gasteiger partial charge in [0.15, 0.2) is 0 Å². The lowest BCUT2D eigenvalue weighted by Gasteiger charge is -2.18. The van der Waals surface area contributed by atoms with Gasteiger partial charge >= 0.3 is 17.9 Å². The van der Waals surface area contributed by atoms with Crippen LogP contribution >= 0.6 is 0 Å². The number of allylic oxidation sites excluding steroid dienone is 4. The molecule has 0 bridgehead atoms. The second-order valence-corrected chi connectivity index (χ2v) is 7.27. The first-order chi connectivity index (χ1) is 16.2. The Bertz CT molecular complexity index is 1250. The van der Waals surface area contributed by atoms with Crippen LogP contribution in [0.1, 0.15) is 31.8 Å². The molecule has 34 heavy (non-hydrogen) atoms. The third-order valence-electron chi connectivity index (χ3n) is 5.37. The number of hydrogen-bond acceptors (Lipinski definition) is 6. The zero-order valence-corrected chi connectivity index (χ0v) is 18.7. The van der Waals surface area contributed by atoms with Crippen molar-refractivity contribution in [2.24, 2.45) is 4.99 Å². The van der Waals surface area contributed by atoms with Crippen LogP contribution in [0.15, 0.2) is 70.8 Å². The summed E-state index contributed by atoms with van der Waals surface area (Å²) in [4.78, 5) is 39.6. The maximum atomic E-state index is 11.9. The minimum absolute atomic E-state index is 0.0152. The predicted octanol–water partition coefficient (Wildman–Crippen LogP) is 3.62. The molecule has 0 heterocycles. The van der Waals surface area contributed by atoms with Crippen molar-refractivity contribution in [3.63, 3.8) is 0 Å². The van der Waals surface area contributed by atoms with E-state index in [2.05, 4.69) is 15.6 Å². The van der Waals surface area contributed by atoms with Gasteiger partial charge in [-0.3, -0.25) is 4.99 Å². The van der Waals surface area contributed by atoms with Crippen molar-refractivity contribution in [1.82, 2.24) is 0 Å². The van der Waals surface area contributed by atoms with Gasteiger partial charge in [-0.25, -0.2) is 14.4 Å². The molecule has 0 aromatic heterocycles. The highest BCUT2D eigenvalue weighted by molar-refractivity contribution is 6.25. The normalized spacial score (nSPS) is 13.9. The van der Waals surface area contributed by atoms with Crippen molar-refractivity contribution in [2.45, 2.75) is 0 Å². The molecule has 0 aliphatic heterocycles. The molecule has 0 saturated heterocycles. The van der Waals surface area contributed by atoms with E-state index in [1.807, 2.05) is 0 Å². The lowest BCUT2D eigenvalue weighted by molar-refractivity contribution is -0.132. The zero-order chi connectivity index (χ0) is 25.0. The highest BCUT2D eigenvalue weighted by atomic mass is 16.4. The minimum atomic E-state index is -1.17. The summed E-state index contributed by atoms with van der Waals surface area (Å²) >= 11 is 0. The van der Waals surface area contributed by atoms with Gasteiger partial charge in [-0.1, -0.05) is 18.2 Å². The molecule has 3 rings (SSSR count). The molecular weight excluding hydrogens is 438 g/mol. The molecule has 1 aliphatic carbocycles. The molecule has 5 N–H and O–H groups in total. The molecule has 2 aromatic rings. The number of aliphatic carboxylic acids is 1. The molecule has 0 amide bonds. The molecule has 0 atom stereocenters. The highest BCUT2D eigenvalue weighted by Crippen LogP contribution is 2.34. The average molecular weight is 461 g/mol. The van der Waals surface area contributed by atoms with Crippen LogP contribution in [0.4, 0.5) is 11.4 Å². The van der Waals surface area contributed by atoms with Gasteiger partial charge in [0, 0.05) is 32.5 Å². The molecule has 2 aromatic carbocycles. The standard InChI is InChI=1S/C25H23N3O6/c1-26-19-7-4-13(10-16(19)23(29)30)22(14-5-8-20(27-2)17(11-14)24(31)32)15-6-9-21(28-3)18(12-15)25(33)34/h4-12,26-27H,1-3H3,(H,29,30)(H,31,32)(H,33,34). The third kappa shape index (κ3) is 4.58. The summed E-state index contributed by atoms with van der Waals surface area (Å²) in [5.74, 6) is -3.46. The summed E-state index contributed by atoms with van der Waals surface area (Å²) in [5, 5.41) is 34.7. The maximum absolute atomic E-state index is 11.9. The van der Waals surface area contributed by atoms with E-state index in [0.717, 1.165) is 0 Å². The minimum Gasteiger partial charge on any atom is -0.478 e. The van der Waals surface area contributed by atoms with Crippen LogP contribution in [0.3, 0.4) is 0 Å². The van der Waals surface area contributed by atoms with Gasteiger partial charge in [0.25, 0.3) is 0 Å². The van der Waals surface area contributed by atoms with Crippen LogP contribution in [0.25, 0.3) is 5.57 Å². The smallest absolute Gasteiger partial charge is 0.337 e. The SMILES string of the molecule is CN=C1C=CC(=C(c2ccc(NC)c(C(=O)O)c2)c2ccc(NC)c(C(=O)O)c2)C=C1C(=O)O. The highest BCUT2D eigenvalue weighted by Gasteiger charge is 2.22. The Morgan fingerprint density at radius 2 is 1.26 bits per heavy atom. The number of hydrogen-bond donors (Lipinski definition) is 5. The van der Waals surface area contributed by atoms with Gasteiger partial charge in [0.1, 0.15) is 0 Å². The molecule has 0 spiro atoms. The van der Waals surface area contributed by atoms with Crippen LogP contribution in [-0.4, -0.2) is 60.1 Å². The van der Waals surface area contributed by atoms with Crippen molar-refractivity contribution in [1.29, 1.82) is 0 Å². The average Bonchev–Trinajstić information content (AvgIpc) is 2.83. The van der Waals surface area contributed by atoms with E-state index in [9.17, 15) is 29.7 Å². The number of carboxylic acid groups (broad SMARTS) is 3. The van der Waals surface area contributed by atoms with E-state index in [1.165, 1.54) is 25.3 Å². The first-order valence-corrected chi connectivity index (χ1v) is 10.2. The fourth-order valence-electron chi connectivity index (χ4n) is 3.75. The lowest BCUT2D eigenvalue weighted by atomic mass is 9.87. The number of aromatic carboxylic acids is 2. The van der Waals surface area contributed by atoms with Crippen molar-refractivity contribution < 1.29 is 29.7 Å². The van der Waals surface area contributed by atoms with Crippen LogP contribution in [0.5, 0.6) is 0 Å². The summed E-state index contributed by atoms with van der Waals surface area (Å²) in [5.41, 5.74) is 2.97. The van der Waals surface area contributed by atoms with E-state index < -0.39 is 17.9 Å². The van der Waals surface area contributed by atoms with Crippen molar-refractivity contribution in [2.75, 3.05) is 31.8 Å². The van der Waals surface area contributed by atoms with E-state index in [4.69, 9.17) is 0 Å². The number of anilines is 2. The Morgan fingerprint density at radius 1 is 0.765 bits per heavy atom. The number of aliphatic imine (C=N–C) groups is 1. The molecule has 9 nitrogen and oxygen atoms in total. The third-order valence-corrected chi connectivity index (χ3v) is 5.37. The lowest BCUT2D eigenvalue weighted by Crippen LogP contribution is -2.14. The van der Waals surface area contributed by atoms with Crippen molar-refractivity contribution >= 4 is 40.6 Å². The van der Waals surface area contributed by atoms with Gasteiger partial charge in [0.05, 0.1) is 22.4 Å². The van der Waals surface area contributed by atoms with Crippen LogP contribution < -0.4 is 10.6 Å². The molecule has 0 fully saturated rings. The summed E-state index contributed by atoms with van der Waals surface area (Å²) in [6, 6.07) is 9.53. The number of nitrogens with zero attached hydrogens (tertiary/aromatic N) is 1. The zero-order valence-electron chi connectivity index (χ0n) is 18.7. The quantitative estimate of drug-likeness (QED) is 0.420. The van der Waals surface area contributed by atoms with E-state index in [0.29, 0.717) is 33.6 Å². The number of rotatable bonds is 7. The summed E-state index contributed by atoms with van der Waals surface area (Å²) in [7, 11) is 4.69. The Morgan fingerprint density at radius 3 is 1.65 bits per heavy atom. The van der Waals surface area contributed by atoms with E-state index in [-0.39, 0.29) is 22.4 Å². The predicted molar refractivity (Wildman–Crippen MR) is 130 cm³/mol. The molecule has 0 saturated carbocycles. The Hall–Kier alpha value is -4.66. The molecule has 0 unspecified atom stereocenters. The first kappa shape index (κ1) is 24.0. The molecule has 0 radical (unpaired) electrons. The van der Waals surface area contributed by atoms with Gasteiger partial charge in [-0.05, 0) is 58.7 Å². The monoisotopic (exact) mass is 461 g/mol. The number of nitrogens with one attached hydrogen (secondary N) is 2. The molecule has 1 aliphatic rings. The maximum Gasteiger partial charge on any atom is 0.337 e. The van der Waals surface area contributed by atoms with Gasteiger partial charge in [-0.2, -0.15) is 0 Å². The second-order valence-electron chi connectivity index (χ2n) is 7.27. The summed E-state index contributed by atoms with van der Waals surface area (Å²) < 4.78 is 0. The molecule has 9 heteroatoms.